The lowest BCUT2D eigenvalue weighted by Gasteiger charge is -2.17. The maximum Gasteiger partial charge on any atom is 0.300 e. The molecule has 0 radical (unpaired) electrons. The lowest BCUT2D eigenvalue weighted by molar-refractivity contribution is -0.134. The van der Waals surface area contributed by atoms with E-state index in [2.05, 4.69) is 47.9 Å². The van der Waals surface area contributed by atoms with Crippen molar-refractivity contribution in [3.05, 3.63) is 100 Å². The van der Waals surface area contributed by atoms with Crippen LogP contribution in [0.25, 0.3) is 0 Å². The first-order chi connectivity index (χ1) is 21.7. The molecule has 2 amide bonds. The number of nitrogens with one attached hydrogen (secondary N) is 2. The Morgan fingerprint density at radius 3 is 1.39 bits per heavy atom. The number of carbonyl (C=O) groups excluding carboxylic acids is 3. The Hall–Kier alpha value is -2.88. The number of aryl methyl sites for hydroxylation is 2. The summed E-state index contributed by atoms with van der Waals surface area (Å²) in [7, 11) is 1.60. The number of carbonyl (C=O) groups is 4. The van der Waals surface area contributed by atoms with Gasteiger partial charge in [-0.1, -0.05) is 82.3 Å². The molecule has 258 valence electrons. The first-order valence-electron chi connectivity index (χ1n) is 14.6. The van der Waals surface area contributed by atoms with Crippen molar-refractivity contribution in [3.8, 4) is 0 Å². The molecule has 11 heteroatoms. The second-order valence-corrected chi connectivity index (χ2v) is 8.76. The number of rotatable bonds is 1. The van der Waals surface area contributed by atoms with Crippen LogP contribution >= 0.6 is 37.2 Å². The van der Waals surface area contributed by atoms with Crippen LogP contribution < -0.4 is 10.6 Å². The number of hydrogen-bond donors (Lipinski definition) is 5. The van der Waals surface area contributed by atoms with Gasteiger partial charge in [0.15, 0.2) is 5.78 Å². The molecule has 5 N–H and O–H groups in total. The minimum Gasteiger partial charge on any atom is -0.481 e. The van der Waals surface area contributed by atoms with Crippen molar-refractivity contribution >= 4 is 66.5 Å². The third kappa shape index (κ3) is 26.3. The SMILES string of the molecule is CC.CC.CC(=O)Nc1ccc(C)c(C)c1.CC(=O)O.CC(O)O.CNC(C)=O.II.O=C1c2ccccc2Cc2ccccc21. The summed E-state index contributed by atoms with van der Waals surface area (Å²) in [6, 6.07) is 21.6. The molecule has 4 rings (SSSR count). The third-order valence-corrected chi connectivity index (χ3v) is 5.08. The van der Waals surface area contributed by atoms with E-state index in [4.69, 9.17) is 20.1 Å². The molecule has 46 heavy (non-hydrogen) atoms. The van der Waals surface area contributed by atoms with Gasteiger partial charge in [-0.25, -0.2) is 0 Å². The minimum absolute atomic E-state index is 0.00463. The summed E-state index contributed by atoms with van der Waals surface area (Å²) in [5.41, 5.74) is 7.30. The van der Waals surface area contributed by atoms with Crippen LogP contribution in [0.3, 0.4) is 0 Å². The lowest BCUT2D eigenvalue weighted by Crippen LogP contribution is -2.14. The number of benzene rings is 3. The number of hydrogen-bond acceptors (Lipinski definition) is 6. The number of aliphatic carboxylic acids is 1. The number of carboxylic acid groups (broad SMARTS) is 1. The smallest absolute Gasteiger partial charge is 0.300 e. The summed E-state index contributed by atoms with van der Waals surface area (Å²) in [6.45, 7) is 17.4. The highest BCUT2D eigenvalue weighted by Gasteiger charge is 2.21. The number of carboxylic acids is 1. The fraction of sp³-hybridized carbons (Fsp3) is 0.371. The topological polar surface area (TPSA) is 153 Å². The first-order valence-corrected chi connectivity index (χ1v) is 20.9. The molecule has 3 aromatic carbocycles. The summed E-state index contributed by atoms with van der Waals surface area (Å²) in [4.78, 5) is 41.5. The number of aliphatic hydroxyl groups excluding tert-OH is 1. The molecule has 0 unspecified atom stereocenters. The van der Waals surface area contributed by atoms with E-state index in [1.54, 1.807) is 7.05 Å². The van der Waals surface area contributed by atoms with Gasteiger partial charge in [-0.15, -0.1) is 0 Å². The maximum atomic E-state index is 12.1. The molecule has 0 fully saturated rings. The van der Waals surface area contributed by atoms with Crippen molar-refractivity contribution in [3.63, 3.8) is 0 Å². The van der Waals surface area contributed by atoms with E-state index in [0.717, 1.165) is 41.3 Å². The zero-order chi connectivity index (χ0) is 36.8. The Morgan fingerprint density at radius 1 is 0.739 bits per heavy atom. The molecule has 0 heterocycles. The largest absolute Gasteiger partial charge is 0.481 e. The van der Waals surface area contributed by atoms with Gasteiger partial charge in [-0.3, -0.25) is 19.2 Å². The van der Waals surface area contributed by atoms with Gasteiger partial charge in [0.25, 0.3) is 5.97 Å². The Labute approximate surface area is 298 Å². The van der Waals surface area contributed by atoms with Gasteiger partial charge < -0.3 is 26.0 Å². The number of ketones is 1. The van der Waals surface area contributed by atoms with Crippen LogP contribution in [0, 0.1) is 13.8 Å². The van der Waals surface area contributed by atoms with Gasteiger partial charge in [-0.05, 0) is 61.6 Å². The maximum absolute atomic E-state index is 12.1. The zero-order valence-electron chi connectivity index (χ0n) is 28.9. The number of amides is 2. The number of halogens is 2. The number of aliphatic hydroxyl groups is 2. The van der Waals surface area contributed by atoms with E-state index in [1.165, 1.54) is 31.9 Å². The predicted octanol–water partition coefficient (Wildman–Crippen LogP) is 8.07. The third-order valence-electron chi connectivity index (χ3n) is 5.08. The number of anilines is 1. The molecule has 0 aliphatic heterocycles. The second-order valence-electron chi connectivity index (χ2n) is 8.76. The van der Waals surface area contributed by atoms with Crippen LogP contribution in [0.15, 0.2) is 66.7 Å². The second kappa shape index (κ2) is 32.1. The highest BCUT2D eigenvalue weighted by molar-refractivity contribution is 15.0. The molecule has 0 bridgehead atoms. The molecule has 0 aromatic heterocycles. The summed E-state index contributed by atoms with van der Waals surface area (Å²) in [6.07, 6.45) is -0.294. The highest BCUT2D eigenvalue weighted by Crippen LogP contribution is 2.26. The summed E-state index contributed by atoms with van der Waals surface area (Å²) >= 11 is 4.24. The van der Waals surface area contributed by atoms with Gasteiger partial charge in [0, 0.05) is 81.9 Å². The normalized spacial score (nSPS) is 9.26. The van der Waals surface area contributed by atoms with E-state index in [0.29, 0.717) is 0 Å². The van der Waals surface area contributed by atoms with Crippen molar-refractivity contribution in [1.29, 1.82) is 0 Å². The van der Waals surface area contributed by atoms with E-state index < -0.39 is 12.3 Å². The average molecular weight is 867 g/mol. The highest BCUT2D eigenvalue weighted by atomic mass is 128. The van der Waals surface area contributed by atoms with Crippen molar-refractivity contribution < 1.29 is 34.5 Å². The molecule has 0 saturated carbocycles. The van der Waals surface area contributed by atoms with Crippen LogP contribution in [0.5, 0.6) is 0 Å². The lowest BCUT2D eigenvalue weighted by atomic mass is 9.85. The van der Waals surface area contributed by atoms with Crippen molar-refractivity contribution in [2.24, 2.45) is 0 Å². The van der Waals surface area contributed by atoms with Crippen LogP contribution in [-0.4, -0.2) is 52.2 Å². The summed E-state index contributed by atoms with van der Waals surface area (Å²) in [5.74, 6) is -0.698. The van der Waals surface area contributed by atoms with Gasteiger partial charge >= 0.3 is 0 Å². The Morgan fingerprint density at radius 2 is 1.09 bits per heavy atom. The molecule has 3 aromatic rings. The van der Waals surface area contributed by atoms with Crippen molar-refractivity contribution in [2.45, 2.75) is 81.9 Å². The quantitative estimate of drug-likeness (QED) is 0.0959. The van der Waals surface area contributed by atoms with E-state index in [1.807, 2.05) is 108 Å². The molecule has 0 saturated heterocycles. The standard InChI is InChI=1S/C14H10O.C10H13NO.C3H7NO.C2H6O2.C2H4O2.2C2H6.I2/c15-14-12-7-3-1-5-10(12)9-11-6-2-4-8-13(11)14;1-7-4-5-10(6-8(7)2)11-9(3)12;1-3(5)4-2;2*1-2(3)4;3*1-2/h1-8H,9H2;4-6H,1-3H3,(H,11,12);1-2H3,(H,4,5);2-4H,1H3;1H3,(H,3,4);2*1-2H3;. The fourth-order valence-corrected chi connectivity index (χ4v) is 3.16. The Kier molecular flexibility index (Phi) is 34.9. The Bertz CT molecular complexity index is 1230. The molecule has 1 aliphatic carbocycles. The van der Waals surface area contributed by atoms with E-state index in [-0.39, 0.29) is 17.6 Å². The molecule has 9 nitrogen and oxygen atoms in total. The molecule has 0 spiro atoms. The van der Waals surface area contributed by atoms with E-state index >= 15 is 0 Å². The van der Waals surface area contributed by atoms with Crippen LogP contribution in [0.4, 0.5) is 5.69 Å². The zero-order valence-corrected chi connectivity index (χ0v) is 33.2. The van der Waals surface area contributed by atoms with Crippen molar-refractivity contribution in [2.75, 3.05) is 12.4 Å². The summed E-state index contributed by atoms with van der Waals surface area (Å²) in [5, 5.41) is 27.8. The monoisotopic (exact) mass is 866 g/mol. The minimum atomic E-state index is -1.17. The predicted molar refractivity (Wildman–Crippen MR) is 207 cm³/mol. The molecule has 0 atom stereocenters. The van der Waals surface area contributed by atoms with E-state index in [9.17, 15) is 14.4 Å². The fourth-order valence-electron chi connectivity index (χ4n) is 3.16. The van der Waals surface area contributed by atoms with Gasteiger partial charge in [0.2, 0.25) is 11.8 Å². The first kappa shape index (κ1) is 50.0. The van der Waals surface area contributed by atoms with Crippen molar-refractivity contribution in [1.82, 2.24) is 5.32 Å². The van der Waals surface area contributed by atoms with Crippen LogP contribution in [0.1, 0.15) is 93.6 Å². The average Bonchev–Trinajstić information content (AvgIpc) is 3.02. The van der Waals surface area contributed by atoms with Crippen LogP contribution in [-0.2, 0) is 20.8 Å². The summed E-state index contributed by atoms with van der Waals surface area (Å²) < 4.78 is 0. The van der Waals surface area contributed by atoms with Crippen LogP contribution in [0.2, 0.25) is 0 Å². The molecular weight excluding hydrogens is 814 g/mol. The van der Waals surface area contributed by atoms with Gasteiger partial charge in [-0.2, -0.15) is 0 Å². The van der Waals surface area contributed by atoms with Gasteiger partial charge in [0.1, 0.15) is 6.29 Å². The molecular formula is C35H52I2N2O7. The van der Waals surface area contributed by atoms with Gasteiger partial charge in [0.05, 0.1) is 0 Å². The number of fused-ring (bicyclic) bond motifs is 2. The Balaban J connectivity index is -0.000000254. The molecule has 1 aliphatic rings.